The van der Waals surface area contributed by atoms with Crippen LogP contribution in [0.25, 0.3) is 0 Å². The van der Waals surface area contributed by atoms with Gasteiger partial charge in [-0.2, -0.15) is 12.7 Å². The maximum atomic E-state index is 10.6. The van der Waals surface area contributed by atoms with Crippen LogP contribution in [0, 0.1) is 6.54 Å². The lowest BCUT2D eigenvalue weighted by atomic mass is 10.2. The number of benzene rings is 1. The van der Waals surface area contributed by atoms with Gasteiger partial charge < -0.3 is 0 Å². The van der Waals surface area contributed by atoms with E-state index in [1.165, 1.54) is 13.6 Å². The zero-order valence-electron chi connectivity index (χ0n) is 7.08. The molecule has 13 heavy (non-hydrogen) atoms. The summed E-state index contributed by atoms with van der Waals surface area (Å²) in [6.07, 6.45) is 0. The van der Waals surface area contributed by atoms with Gasteiger partial charge in [0.2, 0.25) is 0 Å². The van der Waals surface area contributed by atoms with E-state index in [2.05, 4.69) is 0 Å². The summed E-state index contributed by atoms with van der Waals surface area (Å²) < 4.78 is 30.5. The van der Waals surface area contributed by atoms with Crippen LogP contribution >= 0.6 is 0 Å². The van der Waals surface area contributed by atoms with Crippen LogP contribution in [0.15, 0.2) is 30.3 Å². The summed E-state index contributed by atoms with van der Waals surface area (Å²) in [5.41, 5.74) is 0.711. The number of hydrogen-bond acceptors (Lipinski definition) is 2. The van der Waals surface area contributed by atoms with Gasteiger partial charge in [0, 0.05) is 7.05 Å². The van der Waals surface area contributed by atoms with Gasteiger partial charge in [-0.3, -0.25) is 4.55 Å². The Balaban J connectivity index is 2.72. The highest BCUT2D eigenvalue weighted by atomic mass is 32.2. The molecule has 0 saturated heterocycles. The lowest BCUT2D eigenvalue weighted by Crippen LogP contribution is -2.23. The minimum Gasteiger partial charge on any atom is -0.273 e. The molecule has 0 unspecified atom stereocenters. The Morgan fingerprint density at radius 3 is 2.31 bits per heavy atom. The topological polar surface area (TPSA) is 57.6 Å². The fourth-order valence-corrected chi connectivity index (χ4v) is 1.07. The maximum absolute atomic E-state index is 10.6. The van der Waals surface area contributed by atoms with Crippen molar-refractivity contribution in [3.8, 4) is 0 Å². The summed E-state index contributed by atoms with van der Waals surface area (Å²) in [6.45, 7) is 1.33. The minimum absolute atomic E-state index is 0.711. The van der Waals surface area contributed by atoms with Crippen molar-refractivity contribution in [2.75, 3.05) is 7.05 Å². The van der Waals surface area contributed by atoms with Gasteiger partial charge in [-0.25, -0.2) is 0 Å². The number of rotatable bonds is 3. The molecule has 71 valence electrons. The van der Waals surface area contributed by atoms with E-state index in [0.717, 1.165) is 4.31 Å². The van der Waals surface area contributed by atoms with Crippen LogP contribution in [-0.4, -0.2) is 24.3 Å². The van der Waals surface area contributed by atoms with Crippen LogP contribution in [0.2, 0.25) is 0 Å². The Kier molecular flexibility index (Phi) is 3.02. The highest BCUT2D eigenvalue weighted by Gasteiger charge is 2.13. The normalized spacial score (nSPS) is 11.9. The van der Waals surface area contributed by atoms with E-state index in [0.29, 0.717) is 5.56 Å². The quantitative estimate of drug-likeness (QED) is 0.738. The lowest BCUT2D eigenvalue weighted by Gasteiger charge is -2.10. The van der Waals surface area contributed by atoms with E-state index in [-0.39, 0.29) is 0 Å². The molecule has 0 atom stereocenters. The first kappa shape index (κ1) is 10.2. The Hall–Kier alpha value is -0.910. The molecule has 0 spiro atoms. The Labute approximate surface area is 77.7 Å². The molecule has 1 N–H and O–H groups in total. The third-order valence-electron chi connectivity index (χ3n) is 1.49. The van der Waals surface area contributed by atoms with Gasteiger partial charge in [-0.15, -0.1) is 0 Å². The molecule has 0 aliphatic carbocycles. The van der Waals surface area contributed by atoms with Gasteiger partial charge in [0.1, 0.15) is 0 Å². The first-order valence-corrected chi connectivity index (χ1v) is 5.00. The van der Waals surface area contributed by atoms with Crippen LogP contribution in [-0.2, 0) is 10.3 Å². The molecule has 0 fully saturated rings. The molecule has 0 amide bonds. The second kappa shape index (κ2) is 3.87. The standard InChI is InChI=1S/C8H10NO3S/c1-9(13(10,11)12)7-8-5-3-2-4-6-8/h2-7H,1H3,(H,10,11,12). The van der Waals surface area contributed by atoms with E-state index in [4.69, 9.17) is 4.55 Å². The third-order valence-corrected chi connectivity index (χ3v) is 2.33. The van der Waals surface area contributed by atoms with Crippen molar-refractivity contribution in [1.82, 2.24) is 4.31 Å². The van der Waals surface area contributed by atoms with E-state index in [1.807, 2.05) is 6.07 Å². The van der Waals surface area contributed by atoms with E-state index in [1.54, 1.807) is 24.3 Å². The lowest BCUT2D eigenvalue weighted by molar-refractivity contribution is 0.419. The van der Waals surface area contributed by atoms with E-state index < -0.39 is 10.3 Å². The van der Waals surface area contributed by atoms with Crippen molar-refractivity contribution in [3.05, 3.63) is 42.4 Å². The van der Waals surface area contributed by atoms with Crippen molar-refractivity contribution in [2.24, 2.45) is 0 Å². The Morgan fingerprint density at radius 1 is 1.31 bits per heavy atom. The summed E-state index contributed by atoms with van der Waals surface area (Å²) in [5.74, 6) is 0. The molecule has 5 heteroatoms. The number of hydrogen-bond donors (Lipinski definition) is 1. The maximum Gasteiger partial charge on any atom is 0.336 e. The predicted molar refractivity (Wildman–Crippen MR) is 49.2 cm³/mol. The highest BCUT2D eigenvalue weighted by Crippen LogP contribution is 2.06. The molecule has 0 saturated carbocycles. The Bertz CT molecular complexity index is 360. The summed E-state index contributed by atoms with van der Waals surface area (Å²) in [7, 11) is -2.86. The van der Waals surface area contributed by atoms with Crippen LogP contribution in [0.4, 0.5) is 0 Å². The molecule has 0 heterocycles. The van der Waals surface area contributed by atoms with Gasteiger partial charge in [0.25, 0.3) is 0 Å². The predicted octanol–water partition coefficient (Wildman–Crippen LogP) is 0.931. The molecule has 0 aromatic heterocycles. The summed E-state index contributed by atoms with van der Waals surface area (Å²) >= 11 is 0. The van der Waals surface area contributed by atoms with Crippen molar-refractivity contribution >= 4 is 10.3 Å². The zero-order valence-corrected chi connectivity index (χ0v) is 7.90. The van der Waals surface area contributed by atoms with Crippen LogP contribution in [0.5, 0.6) is 0 Å². The summed E-state index contributed by atoms with van der Waals surface area (Å²) in [5, 5.41) is 0. The summed E-state index contributed by atoms with van der Waals surface area (Å²) in [6, 6.07) is 8.86. The zero-order chi connectivity index (χ0) is 9.90. The average Bonchev–Trinajstić information content (AvgIpc) is 2.04. The van der Waals surface area contributed by atoms with Gasteiger partial charge in [0.15, 0.2) is 0 Å². The molecule has 0 aliphatic heterocycles. The first-order chi connectivity index (χ1) is 6.00. The third kappa shape index (κ3) is 3.14. The molecule has 0 aliphatic rings. The fraction of sp³-hybridized carbons (Fsp3) is 0.125. The first-order valence-electron chi connectivity index (χ1n) is 3.60. The van der Waals surface area contributed by atoms with Crippen LogP contribution in [0.3, 0.4) is 0 Å². The molecule has 0 bridgehead atoms. The molecule has 1 rings (SSSR count). The summed E-state index contributed by atoms with van der Waals surface area (Å²) in [4.78, 5) is 0. The molecule has 1 radical (unpaired) electrons. The van der Waals surface area contributed by atoms with Crippen molar-refractivity contribution in [1.29, 1.82) is 0 Å². The highest BCUT2D eigenvalue weighted by molar-refractivity contribution is 7.83. The van der Waals surface area contributed by atoms with Crippen molar-refractivity contribution < 1.29 is 13.0 Å². The Morgan fingerprint density at radius 2 is 1.85 bits per heavy atom. The molecule has 4 nitrogen and oxygen atoms in total. The van der Waals surface area contributed by atoms with Crippen LogP contribution in [0.1, 0.15) is 5.56 Å². The van der Waals surface area contributed by atoms with Gasteiger partial charge in [-0.1, -0.05) is 30.3 Å². The number of nitrogens with zero attached hydrogens (tertiary/aromatic N) is 1. The van der Waals surface area contributed by atoms with Gasteiger partial charge in [-0.05, 0) is 5.56 Å². The largest absolute Gasteiger partial charge is 0.336 e. The average molecular weight is 200 g/mol. The van der Waals surface area contributed by atoms with Gasteiger partial charge >= 0.3 is 10.3 Å². The second-order valence-corrected chi connectivity index (χ2v) is 4.01. The van der Waals surface area contributed by atoms with Gasteiger partial charge in [0.05, 0.1) is 6.54 Å². The minimum atomic E-state index is -4.12. The molecular weight excluding hydrogens is 190 g/mol. The van der Waals surface area contributed by atoms with E-state index >= 15 is 0 Å². The SMILES string of the molecule is CN([CH]c1ccccc1)S(=O)(=O)O. The van der Waals surface area contributed by atoms with E-state index in [9.17, 15) is 8.42 Å². The molecular formula is C8H10NO3S. The van der Waals surface area contributed by atoms with Crippen molar-refractivity contribution in [2.45, 2.75) is 0 Å². The smallest absolute Gasteiger partial charge is 0.273 e. The molecule has 1 aromatic carbocycles. The fourth-order valence-electron chi connectivity index (χ4n) is 0.816. The monoisotopic (exact) mass is 200 g/mol. The van der Waals surface area contributed by atoms with Crippen LogP contribution < -0.4 is 0 Å². The van der Waals surface area contributed by atoms with Crippen molar-refractivity contribution in [3.63, 3.8) is 0 Å². The molecule has 1 aromatic rings. The second-order valence-electron chi connectivity index (χ2n) is 2.53.